The van der Waals surface area contributed by atoms with E-state index in [4.69, 9.17) is 0 Å². The van der Waals surface area contributed by atoms with Crippen molar-refractivity contribution in [2.75, 3.05) is 16.3 Å². The van der Waals surface area contributed by atoms with Crippen LogP contribution in [0, 0.1) is 0 Å². The molecule has 0 aliphatic carbocycles. The molecular weight excluding hydrogens is 357 g/mol. The number of hydrogen-bond acceptors (Lipinski definition) is 3. The number of nitrogens with one attached hydrogen (secondary N) is 2. The average molecular weight is 372 g/mol. The van der Waals surface area contributed by atoms with Crippen molar-refractivity contribution in [3.63, 3.8) is 0 Å². The van der Waals surface area contributed by atoms with Gasteiger partial charge in [0.05, 0.1) is 18.2 Å². The van der Waals surface area contributed by atoms with Gasteiger partial charge in [-0.1, -0.05) is 18.2 Å². The Kier molecular flexibility index (Phi) is 5.36. The summed E-state index contributed by atoms with van der Waals surface area (Å²) in [6.07, 6.45) is -3.67. The number of benzene rings is 2. The average Bonchev–Trinajstić information content (AvgIpc) is 2.47. The summed E-state index contributed by atoms with van der Waals surface area (Å²) in [7, 11) is -3.40. The molecule has 0 bridgehead atoms. The van der Waals surface area contributed by atoms with E-state index in [2.05, 4.69) is 10.0 Å². The van der Waals surface area contributed by atoms with Crippen molar-refractivity contribution in [3.05, 3.63) is 59.7 Å². The molecule has 25 heavy (non-hydrogen) atoms. The van der Waals surface area contributed by atoms with Gasteiger partial charge in [0.1, 0.15) is 0 Å². The maximum atomic E-state index is 12.7. The van der Waals surface area contributed by atoms with Gasteiger partial charge < -0.3 is 5.32 Å². The molecule has 0 aliphatic heterocycles. The molecule has 0 saturated heterocycles. The summed E-state index contributed by atoms with van der Waals surface area (Å²) in [5, 5.41) is 2.54. The first kappa shape index (κ1) is 18.8. The summed E-state index contributed by atoms with van der Waals surface area (Å²) in [6.45, 7) is 0. The van der Waals surface area contributed by atoms with Gasteiger partial charge >= 0.3 is 6.18 Å². The standard InChI is InChI=1S/C16H15F3N2O3S/c1-25(23,24)21-14-7-5-13(6-8-14)20-15(22)10-11-3-2-4-12(9-11)16(17,18)19/h2-9,21H,10H2,1H3,(H,20,22). The van der Waals surface area contributed by atoms with E-state index in [9.17, 15) is 26.4 Å². The van der Waals surface area contributed by atoms with Gasteiger partial charge in [-0.25, -0.2) is 8.42 Å². The Labute approximate surface area is 142 Å². The highest BCUT2D eigenvalue weighted by Gasteiger charge is 2.30. The summed E-state index contributed by atoms with van der Waals surface area (Å²) >= 11 is 0. The van der Waals surface area contributed by atoms with Crippen molar-refractivity contribution in [1.82, 2.24) is 0 Å². The van der Waals surface area contributed by atoms with Crippen LogP contribution >= 0.6 is 0 Å². The second kappa shape index (κ2) is 7.14. The number of carbonyl (C=O) groups is 1. The monoisotopic (exact) mass is 372 g/mol. The van der Waals surface area contributed by atoms with Gasteiger partial charge in [-0.15, -0.1) is 0 Å². The molecule has 2 aromatic carbocycles. The van der Waals surface area contributed by atoms with Gasteiger partial charge in [-0.2, -0.15) is 13.2 Å². The smallest absolute Gasteiger partial charge is 0.326 e. The first-order valence-corrected chi connectivity index (χ1v) is 8.96. The summed E-state index contributed by atoms with van der Waals surface area (Å²) in [4.78, 5) is 12.0. The van der Waals surface area contributed by atoms with Gasteiger partial charge in [0, 0.05) is 11.4 Å². The highest BCUT2D eigenvalue weighted by Crippen LogP contribution is 2.29. The minimum Gasteiger partial charge on any atom is -0.326 e. The van der Waals surface area contributed by atoms with Crippen LogP contribution in [0.5, 0.6) is 0 Å². The van der Waals surface area contributed by atoms with Gasteiger partial charge in [0.15, 0.2) is 0 Å². The Bertz CT molecular complexity index is 863. The van der Waals surface area contributed by atoms with Crippen molar-refractivity contribution in [2.45, 2.75) is 12.6 Å². The summed E-state index contributed by atoms with van der Waals surface area (Å²) in [6, 6.07) is 10.4. The second-order valence-corrected chi connectivity index (χ2v) is 7.12. The van der Waals surface area contributed by atoms with E-state index in [-0.39, 0.29) is 12.0 Å². The van der Waals surface area contributed by atoms with E-state index in [0.29, 0.717) is 11.4 Å². The number of carbonyl (C=O) groups excluding carboxylic acids is 1. The normalized spacial score (nSPS) is 11.8. The molecule has 0 aliphatic rings. The quantitative estimate of drug-likeness (QED) is 0.846. The summed E-state index contributed by atoms with van der Waals surface area (Å²) < 4.78 is 62.5. The molecule has 0 saturated carbocycles. The number of halogens is 3. The molecule has 1 amide bonds. The van der Waals surface area contributed by atoms with E-state index >= 15 is 0 Å². The molecule has 0 radical (unpaired) electrons. The molecule has 0 unspecified atom stereocenters. The van der Waals surface area contributed by atoms with Crippen LogP contribution in [0.1, 0.15) is 11.1 Å². The lowest BCUT2D eigenvalue weighted by atomic mass is 10.1. The lowest BCUT2D eigenvalue weighted by molar-refractivity contribution is -0.137. The second-order valence-electron chi connectivity index (χ2n) is 5.37. The Balaban J connectivity index is 2.01. The third-order valence-corrected chi connectivity index (χ3v) is 3.70. The minimum atomic E-state index is -4.46. The summed E-state index contributed by atoms with van der Waals surface area (Å²) in [5.74, 6) is -0.483. The van der Waals surface area contributed by atoms with Crippen LogP contribution in [0.3, 0.4) is 0 Å². The van der Waals surface area contributed by atoms with Crippen LogP contribution in [0.2, 0.25) is 0 Å². The first-order chi connectivity index (χ1) is 11.5. The fraction of sp³-hybridized carbons (Fsp3) is 0.188. The Morgan fingerprint density at radius 2 is 1.64 bits per heavy atom. The molecule has 0 aromatic heterocycles. The van der Waals surface area contributed by atoms with Gasteiger partial charge in [0.2, 0.25) is 15.9 Å². The largest absolute Gasteiger partial charge is 0.416 e. The zero-order valence-corrected chi connectivity index (χ0v) is 13.9. The fourth-order valence-electron chi connectivity index (χ4n) is 2.08. The molecule has 0 atom stereocenters. The molecule has 0 fully saturated rings. The third-order valence-electron chi connectivity index (χ3n) is 3.09. The van der Waals surface area contributed by atoms with Crippen molar-refractivity contribution in [1.29, 1.82) is 0 Å². The van der Waals surface area contributed by atoms with Crippen LogP contribution < -0.4 is 10.0 Å². The lowest BCUT2D eigenvalue weighted by Gasteiger charge is -2.10. The minimum absolute atomic E-state index is 0.215. The maximum Gasteiger partial charge on any atom is 0.416 e. The predicted octanol–water partition coefficient (Wildman–Crippen LogP) is 3.26. The van der Waals surface area contributed by atoms with Crippen LogP contribution in [0.25, 0.3) is 0 Å². The number of rotatable bonds is 5. The van der Waals surface area contributed by atoms with Gasteiger partial charge in [0.25, 0.3) is 0 Å². The van der Waals surface area contributed by atoms with Crippen LogP contribution in [-0.2, 0) is 27.4 Å². The highest BCUT2D eigenvalue weighted by atomic mass is 32.2. The molecule has 9 heteroatoms. The van der Waals surface area contributed by atoms with Crippen LogP contribution in [0.15, 0.2) is 48.5 Å². The number of hydrogen-bond donors (Lipinski definition) is 2. The topological polar surface area (TPSA) is 75.3 Å². The zero-order valence-electron chi connectivity index (χ0n) is 13.1. The third kappa shape index (κ3) is 6.11. The molecule has 2 rings (SSSR count). The number of anilines is 2. The molecule has 5 nitrogen and oxygen atoms in total. The molecule has 0 spiro atoms. The number of alkyl halides is 3. The number of sulfonamides is 1. The zero-order chi connectivity index (χ0) is 18.7. The Morgan fingerprint density at radius 3 is 2.20 bits per heavy atom. The van der Waals surface area contributed by atoms with E-state index in [0.717, 1.165) is 18.4 Å². The van der Waals surface area contributed by atoms with Crippen LogP contribution in [0.4, 0.5) is 24.5 Å². The van der Waals surface area contributed by atoms with Crippen molar-refractivity contribution >= 4 is 27.3 Å². The molecule has 2 N–H and O–H groups in total. The SMILES string of the molecule is CS(=O)(=O)Nc1ccc(NC(=O)Cc2cccc(C(F)(F)F)c2)cc1. The predicted molar refractivity (Wildman–Crippen MR) is 88.7 cm³/mol. The molecule has 0 heterocycles. The Morgan fingerprint density at radius 1 is 1.04 bits per heavy atom. The van der Waals surface area contributed by atoms with Crippen molar-refractivity contribution in [2.24, 2.45) is 0 Å². The Hall–Kier alpha value is -2.55. The van der Waals surface area contributed by atoms with Gasteiger partial charge in [-0.3, -0.25) is 9.52 Å². The lowest BCUT2D eigenvalue weighted by Crippen LogP contribution is -2.15. The molecule has 134 valence electrons. The maximum absolute atomic E-state index is 12.7. The van der Waals surface area contributed by atoms with E-state index in [1.165, 1.54) is 36.4 Å². The van der Waals surface area contributed by atoms with E-state index in [1.807, 2.05) is 0 Å². The van der Waals surface area contributed by atoms with Gasteiger partial charge in [-0.05, 0) is 35.9 Å². The first-order valence-electron chi connectivity index (χ1n) is 7.07. The summed E-state index contributed by atoms with van der Waals surface area (Å²) in [5.41, 5.74) is 0.158. The number of amides is 1. The fourth-order valence-corrected chi connectivity index (χ4v) is 2.65. The van der Waals surface area contributed by atoms with Crippen LogP contribution in [-0.4, -0.2) is 20.6 Å². The van der Waals surface area contributed by atoms with E-state index < -0.39 is 27.7 Å². The van der Waals surface area contributed by atoms with Crippen molar-refractivity contribution in [3.8, 4) is 0 Å². The highest BCUT2D eigenvalue weighted by molar-refractivity contribution is 7.92. The molecular formula is C16H15F3N2O3S. The van der Waals surface area contributed by atoms with Crippen molar-refractivity contribution < 1.29 is 26.4 Å². The van der Waals surface area contributed by atoms with E-state index in [1.54, 1.807) is 0 Å². The molecule has 2 aromatic rings.